The van der Waals surface area contributed by atoms with Crippen LogP contribution in [-0.4, -0.2) is 49.3 Å². The van der Waals surface area contributed by atoms with Crippen LogP contribution in [-0.2, 0) is 0 Å². The van der Waals surface area contributed by atoms with Gasteiger partial charge in [-0.25, -0.2) is 0 Å². The Kier molecular flexibility index (Phi) is 9.17. The largest absolute Gasteiger partial charge is 0.286 e. The van der Waals surface area contributed by atoms with Gasteiger partial charge in [0.25, 0.3) is 0 Å². The molecule has 292 valence electrons. The molecule has 52 heavy (non-hydrogen) atoms. The Bertz CT molecular complexity index is 1110. The Hall–Kier alpha value is -0.320. The molecule has 6 saturated carbocycles. The fraction of sp³-hybridized carbons (Fsp3) is 1.00. The lowest BCUT2D eigenvalue weighted by atomic mass is 9.63. The first-order valence-electron chi connectivity index (χ1n) is 23.5. The first-order chi connectivity index (χ1) is 25.4. The van der Waals surface area contributed by atoms with E-state index in [1.165, 1.54) is 103 Å². The van der Waals surface area contributed by atoms with Crippen LogP contribution in [0.15, 0.2) is 0 Å². The van der Waals surface area contributed by atoms with Crippen molar-refractivity contribution in [2.24, 2.45) is 94.7 Å². The normalized spacial score (nSPS) is 61.2. The summed E-state index contributed by atoms with van der Waals surface area (Å²) in [6, 6.07) is 0. The van der Waals surface area contributed by atoms with Gasteiger partial charge in [0.05, 0.1) is 49.3 Å². The highest BCUT2D eigenvalue weighted by atomic mass is 15.4. The van der Waals surface area contributed by atoms with Gasteiger partial charge in [0, 0.05) is 0 Å². The summed E-state index contributed by atoms with van der Waals surface area (Å²) < 4.78 is 0. The van der Waals surface area contributed by atoms with E-state index >= 15 is 0 Å². The standard InChI is InChI=1S/C44H76N8/c1-21-13-14-22(2)34-33(21)41-47-37-29-17-25-9-5-6-10-26(25)18-30(29)39(45-37)49-43-35-23(3)15-16-24(4)36(35)44(52-43)50-40-32-20-28-12-8-7-11-27(28)19-31(32)38(46-40)48-42(34)51-41/h21-52H,5-20H2,1-4H3. The number of rotatable bonds is 0. The number of nitrogens with one attached hydrogen (secondary N) is 8. The van der Waals surface area contributed by atoms with Crippen LogP contribution in [0.4, 0.5) is 0 Å². The molecule has 8 bridgehead atoms. The van der Waals surface area contributed by atoms with Crippen molar-refractivity contribution < 1.29 is 0 Å². The van der Waals surface area contributed by atoms with Crippen LogP contribution in [0, 0.1) is 94.7 Å². The smallest absolute Gasteiger partial charge is 0.0631 e. The lowest BCUT2D eigenvalue weighted by molar-refractivity contribution is 0.0548. The molecule has 11 aliphatic rings. The van der Waals surface area contributed by atoms with Crippen molar-refractivity contribution in [3.05, 3.63) is 0 Å². The average Bonchev–Trinajstić information content (AvgIpc) is 3.89. The Morgan fingerprint density at radius 1 is 0.269 bits per heavy atom. The second-order valence-electron chi connectivity index (χ2n) is 21.7. The maximum absolute atomic E-state index is 4.46. The summed E-state index contributed by atoms with van der Waals surface area (Å²) >= 11 is 0. The van der Waals surface area contributed by atoms with E-state index in [0.717, 1.165) is 47.3 Å². The predicted octanol–water partition coefficient (Wildman–Crippen LogP) is 5.64. The summed E-state index contributed by atoms with van der Waals surface area (Å²) in [5, 5.41) is 35.3. The van der Waals surface area contributed by atoms with E-state index in [9.17, 15) is 0 Å². The SMILES string of the molecule is CC1CCC(C)C2C3NC4NC(NC5NC(NC6NC(NC(N3)C12)C1CC2CCCCC2CC61)C1C(C)CCC(C)C51)C1CC2CCCCC2CC41. The third-order valence-electron chi connectivity index (χ3n) is 19.3. The third-order valence-corrected chi connectivity index (χ3v) is 19.3. The number of hydrogen-bond acceptors (Lipinski definition) is 8. The van der Waals surface area contributed by atoms with Crippen molar-refractivity contribution in [3.8, 4) is 0 Å². The van der Waals surface area contributed by atoms with Crippen LogP contribution in [0.5, 0.6) is 0 Å². The molecular weight excluding hydrogens is 641 g/mol. The zero-order valence-corrected chi connectivity index (χ0v) is 33.2. The van der Waals surface area contributed by atoms with Gasteiger partial charge < -0.3 is 0 Å². The van der Waals surface area contributed by atoms with Crippen LogP contribution < -0.4 is 42.5 Å². The molecule has 0 aromatic heterocycles. The molecule has 0 aromatic rings. The quantitative estimate of drug-likeness (QED) is 0.163. The van der Waals surface area contributed by atoms with Crippen LogP contribution in [0.1, 0.15) is 130 Å². The molecule has 6 aliphatic carbocycles. The van der Waals surface area contributed by atoms with E-state index in [4.69, 9.17) is 0 Å². The summed E-state index contributed by atoms with van der Waals surface area (Å²) in [6.45, 7) is 10.4. The van der Waals surface area contributed by atoms with E-state index in [1.54, 1.807) is 0 Å². The van der Waals surface area contributed by atoms with Crippen LogP contribution in [0.3, 0.4) is 0 Å². The van der Waals surface area contributed by atoms with E-state index < -0.39 is 0 Å². The molecule has 24 atom stereocenters. The zero-order valence-electron chi connectivity index (χ0n) is 33.2. The van der Waals surface area contributed by atoms with Crippen molar-refractivity contribution >= 4 is 0 Å². The molecule has 8 nitrogen and oxygen atoms in total. The lowest BCUT2D eigenvalue weighted by Gasteiger charge is -2.45. The number of fused-ring (bicyclic) bond motifs is 22. The van der Waals surface area contributed by atoms with Gasteiger partial charge >= 0.3 is 0 Å². The minimum Gasteiger partial charge on any atom is -0.286 e. The van der Waals surface area contributed by atoms with Crippen molar-refractivity contribution in [3.63, 3.8) is 0 Å². The van der Waals surface area contributed by atoms with Gasteiger partial charge in [0.1, 0.15) is 0 Å². The molecule has 0 spiro atoms. The summed E-state index contributed by atoms with van der Waals surface area (Å²) in [5.74, 6) is 12.4. The first kappa shape index (κ1) is 34.9. The number of hydrogen-bond donors (Lipinski definition) is 8. The minimum absolute atomic E-state index is 0.368. The monoisotopic (exact) mass is 717 g/mol. The third kappa shape index (κ3) is 5.70. The summed E-state index contributed by atoms with van der Waals surface area (Å²) in [6.07, 6.45) is 25.9. The fourth-order valence-electron chi connectivity index (χ4n) is 16.8. The maximum atomic E-state index is 4.46. The highest BCUT2D eigenvalue weighted by Gasteiger charge is 2.59. The Morgan fingerprint density at radius 2 is 0.481 bits per heavy atom. The van der Waals surface area contributed by atoms with Gasteiger partial charge in [-0.05, 0) is 120 Å². The average molecular weight is 717 g/mol. The Balaban J connectivity index is 0.964. The molecule has 5 aliphatic heterocycles. The Labute approximate surface area is 316 Å². The van der Waals surface area contributed by atoms with Crippen molar-refractivity contribution in [1.82, 2.24) is 42.5 Å². The maximum Gasteiger partial charge on any atom is 0.0631 e. The molecule has 24 unspecified atom stereocenters. The predicted molar refractivity (Wildman–Crippen MR) is 208 cm³/mol. The lowest BCUT2D eigenvalue weighted by Crippen LogP contribution is -2.62. The molecule has 0 radical (unpaired) electrons. The van der Waals surface area contributed by atoms with Gasteiger partial charge in [-0.1, -0.05) is 105 Å². The van der Waals surface area contributed by atoms with Gasteiger partial charge in [0.2, 0.25) is 0 Å². The van der Waals surface area contributed by atoms with Gasteiger partial charge in [-0.3, -0.25) is 42.5 Å². The van der Waals surface area contributed by atoms with E-state index in [0.29, 0.717) is 96.7 Å². The second kappa shape index (κ2) is 13.7. The van der Waals surface area contributed by atoms with Gasteiger partial charge in [-0.2, -0.15) is 0 Å². The van der Waals surface area contributed by atoms with E-state index in [2.05, 4.69) is 70.2 Å². The summed E-state index contributed by atoms with van der Waals surface area (Å²) in [4.78, 5) is 0. The summed E-state index contributed by atoms with van der Waals surface area (Å²) in [7, 11) is 0. The minimum atomic E-state index is 0.368. The summed E-state index contributed by atoms with van der Waals surface area (Å²) in [5.41, 5.74) is 0. The fourth-order valence-corrected chi connectivity index (χ4v) is 16.8. The topological polar surface area (TPSA) is 96.2 Å². The molecule has 11 fully saturated rings. The van der Waals surface area contributed by atoms with Crippen molar-refractivity contribution in [1.29, 1.82) is 0 Å². The van der Waals surface area contributed by atoms with Crippen molar-refractivity contribution in [2.45, 2.75) is 180 Å². The molecule has 0 amide bonds. The van der Waals surface area contributed by atoms with E-state index in [-0.39, 0.29) is 0 Å². The van der Waals surface area contributed by atoms with Crippen molar-refractivity contribution in [2.75, 3.05) is 0 Å². The van der Waals surface area contributed by atoms with Crippen LogP contribution >= 0.6 is 0 Å². The molecule has 0 aromatic carbocycles. The highest BCUT2D eigenvalue weighted by molar-refractivity contribution is 5.11. The molecule has 11 rings (SSSR count). The molecule has 5 saturated heterocycles. The van der Waals surface area contributed by atoms with Gasteiger partial charge in [0.15, 0.2) is 0 Å². The molecule has 5 heterocycles. The molecule has 8 N–H and O–H groups in total. The second-order valence-corrected chi connectivity index (χ2v) is 21.7. The Morgan fingerprint density at radius 3 is 0.731 bits per heavy atom. The van der Waals surface area contributed by atoms with Crippen LogP contribution in [0.25, 0.3) is 0 Å². The molecule has 8 heteroatoms. The highest BCUT2D eigenvalue weighted by Crippen LogP contribution is 2.53. The zero-order chi connectivity index (χ0) is 34.8. The van der Waals surface area contributed by atoms with Crippen LogP contribution in [0.2, 0.25) is 0 Å². The van der Waals surface area contributed by atoms with E-state index in [1.807, 2.05) is 0 Å². The molecular formula is C44H76N8. The first-order valence-corrected chi connectivity index (χ1v) is 23.5. The van der Waals surface area contributed by atoms with Gasteiger partial charge in [-0.15, -0.1) is 0 Å².